The molecule has 0 bridgehead atoms. The normalized spacial score (nSPS) is 17.2. The van der Waals surface area contributed by atoms with Crippen molar-refractivity contribution >= 4 is 17.3 Å². The summed E-state index contributed by atoms with van der Waals surface area (Å²) in [6.45, 7) is 5.95. The fourth-order valence-corrected chi connectivity index (χ4v) is 4.13. The maximum Gasteiger partial charge on any atom is 0.191 e. The van der Waals surface area contributed by atoms with E-state index in [0.717, 1.165) is 49.3 Å². The monoisotopic (exact) mass is 375 g/mol. The third kappa shape index (κ3) is 5.32. The Morgan fingerprint density at radius 2 is 2.19 bits per heavy atom. The van der Waals surface area contributed by atoms with Gasteiger partial charge in [-0.1, -0.05) is 6.42 Å². The molecule has 1 atom stereocenters. The zero-order valence-corrected chi connectivity index (χ0v) is 16.5. The van der Waals surface area contributed by atoms with Crippen LogP contribution in [0.15, 0.2) is 34.0 Å². The van der Waals surface area contributed by atoms with Gasteiger partial charge >= 0.3 is 0 Å². The van der Waals surface area contributed by atoms with Gasteiger partial charge in [0.05, 0.1) is 17.3 Å². The topological polar surface area (TPSA) is 65.7 Å². The summed E-state index contributed by atoms with van der Waals surface area (Å²) in [6.07, 6.45) is 8.45. The summed E-state index contributed by atoms with van der Waals surface area (Å²) >= 11 is 1.75. The van der Waals surface area contributed by atoms with Crippen molar-refractivity contribution in [2.24, 2.45) is 4.99 Å². The van der Waals surface area contributed by atoms with Crippen LogP contribution < -0.4 is 10.6 Å². The minimum Gasteiger partial charge on any atom is -0.468 e. The van der Waals surface area contributed by atoms with Crippen LogP contribution in [0, 0.1) is 6.92 Å². The fourth-order valence-electron chi connectivity index (χ4n) is 3.34. The molecule has 0 radical (unpaired) electrons. The molecule has 26 heavy (non-hydrogen) atoms. The molecule has 2 aromatic heterocycles. The number of likely N-dealkylation sites (tertiary alicyclic amines) is 1. The minimum atomic E-state index is 0.241. The Labute approximate surface area is 159 Å². The number of aliphatic imine (C=N–C) groups is 1. The number of furan rings is 1. The molecule has 1 aliphatic heterocycles. The van der Waals surface area contributed by atoms with Crippen LogP contribution in [0.4, 0.5) is 0 Å². The van der Waals surface area contributed by atoms with Gasteiger partial charge in [0.15, 0.2) is 5.96 Å². The first-order chi connectivity index (χ1) is 12.8. The molecule has 7 heteroatoms. The van der Waals surface area contributed by atoms with Gasteiger partial charge in [0, 0.05) is 37.6 Å². The van der Waals surface area contributed by atoms with Crippen molar-refractivity contribution in [2.45, 2.75) is 38.6 Å². The van der Waals surface area contributed by atoms with E-state index in [1.165, 1.54) is 24.1 Å². The van der Waals surface area contributed by atoms with Crippen molar-refractivity contribution in [1.29, 1.82) is 0 Å². The highest BCUT2D eigenvalue weighted by Crippen LogP contribution is 2.24. The molecule has 0 aliphatic carbocycles. The number of guanidine groups is 1. The number of hydrogen-bond donors (Lipinski definition) is 2. The van der Waals surface area contributed by atoms with Crippen molar-refractivity contribution in [1.82, 2.24) is 20.5 Å². The predicted octanol–water partition coefficient (Wildman–Crippen LogP) is 2.98. The molecule has 3 rings (SSSR count). The summed E-state index contributed by atoms with van der Waals surface area (Å²) in [4.78, 5) is 12.5. The Morgan fingerprint density at radius 3 is 2.85 bits per heavy atom. The van der Waals surface area contributed by atoms with Crippen LogP contribution in [0.25, 0.3) is 0 Å². The van der Waals surface area contributed by atoms with Crippen molar-refractivity contribution < 1.29 is 4.42 Å². The molecule has 1 aliphatic rings. The second kappa shape index (κ2) is 9.73. The third-order valence-electron chi connectivity index (χ3n) is 4.69. The van der Waals surface area contributed by atoms with Crippen LogP contribution >= 0.6 is 11.3 Å². The van der Waals surface area contributed by atoms with E-state index in [0.29, 0.717) is 0 Å². The second-order valence-corrected chi connectivity index (χ2v) is 7.94. The van der Waals surface area contributed by atoms with E-state index in [1.54, 1.807) is 17.6 Å². The Kier molecular flexibility index (Phi) is 7.08. The zero-order chi connectivity index (χ0) is 18.2. The van der Waals surface area contributed by atoms with E-state index in [-0.39, 0.29) is 6.04 Å². The number of rotatable bonds is 7. The average molecular weight is 376 g/mol. The smallest absolute Gasteiger partial charge is 0.191 e. The zero-order valence-electron chi connectivity index (χ0n) is 15.7. The summed E-state index contributed by atoms with van der Waals surface area (Å²) in [5.41, 5.74) is 0. The highest BCUT2D eigenvalue weighted by Gasteiger charge is 2.24. The molecular formula is C19H29N5OS. The Bertz CT molecular complexity index is 676. The van der Waals surface area contributed by atoms with E-state index < -0.39 is 0 Å². The van der Waals surface area contributed by atoms with Crippen LogP contribution in [0.3, 0.4) is 0 Å². The van der Waals surface area contributed by atoms with Crippen molar-refractivity contribution in [3.05, 3.63) is 40.2 Å². The predicted molar refractivity (Wildman–Crippen MR) is 107 cm³/mol. The number of nitrogens with zero attached hydrogens (tertiary/aromatic N) is 3. The van der Waals surface area contributed by atoms with Gasteiger partial charge in [0.2, 0.25) is 0 Å². The number of piperidine rings is 1. The Morgan fingerprint density at radius 1 is 1.35 bits per heavy atom. The number of aryl methyl sites for hydroxylation is 1. The maximum absolute atomic E-state index is 5.71. The molecule has 2 aromatic rings. The first-order valence-corrected chi connectivity index (χ1v) is 10.2. The van der Waals surface area contributed by atoms with Gasteiger partial charge in [-0.15, -0.1) is 11.3 Å². The van der Waals surface area contributed by atoms with E-state index in [2.05, 4.69) is 38.5 Å². The highest BCUT2D eigenvalue weighted by molar-refractivity contribution is 7.11. The molecule has 0 aromatic carbocycles. The standard InChI is InChI=1S/C19H29N5OS/c1-15-13-22-18(26-15)8-9-21-19(20-2)23-14-16(17-7-6-12-25-17)24-10-4-3-5-11-24/h6-7,12-13,16H,3-5,8-11,14H2,1-2H3,(H2,20,21,23). The average Bonchev–Trinajstić information content (AvgIpc) is 3.33. The van der Waals surface area contributed by atoms with E-state index >= 15 is 0 Å². The summed E-state index contributed by atoms with van der Waals surface area (Å²) in [6, 6.07) is 4.28. The SMILES string of the molecule is CN=C(NCCc1ncc(C)s1)NCC(c1ccco1)N1CCCCC1. The third-order valence-corrected chi connectivity index (χ3v) is 5.66. The van der Waals surface area contributed by atoms with Crippen molar-refractivity contribution in [2.75, 3.05) is 33.2 Å². The molecule has 2 N–H and O–H groups in total. The van der Waals surface area contributed by atoms with E-state index in [1.807, 2.05) is 19.3 Å². The largest absolute Gasteiger partial charge is 0.468 e. The molecule has 3 heterocycles. The molecule has 1 unspecified atom stereocenters. The van der Waals surface area contributed by atoms with Gasteiger partial charge in [-0.25, -0.2) is 4.98 Å². The maximum atomic E-state index is 5.71. The van der Waals surface area contributed by atoms with Gasteiger partial charge < -0.3 is 15.1 Å². The van der Waals surface area contributed by atoms with Crippen LogP contribution in [0.2, 0.25) is 0 Å². The molecular weight excluding hydrogens is 346 g/mol. The number of nitrogens with one attached hydrogen (secondary N) is 2. The Balaban J connectivity index is 1.51. The lowest BCUT2D eigenvalue weighted by atomic mass is 10.1. The van der Waals surface area contributed by atoms with Gasteiger partial charge in [-0.2, -0.15) is 0 Å². The highest BCUT2D eigenvalue weighted by atomic mass is 32.1. The van der Waals surface area contributed by atoms with Crippen LogP contribution in [-0.4, -0.2) is 49.1 Å². The number of aromatic nitrogens is 1. The first-order valence-electron chi connectivity index (χ1n) is 9.39. The molecule has 0 spiro atoms. The van der Waals surface area contributed by atoms with Gasteiger partial charge in [-0.3, -0.25) is 9.89 Å². The summed E-state index contributed by atoms with van der Waals surface area (Å²) in [7, 11) is 1.81. The molecule has 0 saturated carbocycles. The van der Waals surface area contributed by atoms with Crippen LogP contribution in [0.5, 0.6) is 0 Å². The number of hydrogen-bond acceptors (Lipinski definition) is 5. The number of thiazole rings is 1. The first kappa shape index (κ1) is 18.9. The Hall–Kier alpha value is -1.86. The van der Waals surface area contributed by atoms with Gasteiger partial charge in [0.25, 0.3) is 0 Å². The van der Waals surface area contributed by atoms with E-state index in [4.69, 9.17) is 4.42 Å². The summed E-state index contributed by atoms with van der Waals surface area (Å²) in [5, 5.41) is 8.01. The lowest BCUT2D eigenvalue weighted by Gasteiger charge is -2.33. The molecule has 142 valence electrons. The molecule has 1 saturated heterocycles. The summed E-state index contributed by atoms with van der Waals surface area (Å²) in [5.74, 6) is 1.85. The fraction of sp³-hybridized carbons (Fsp3) is 0.579. The van der Waals surface area contributed by atoms with Crippen LogP contribution in [0.1, 0.15) is 40.9 Å². The van der Waals surface area contributed by atoms with Gasteiger partial charge in [0.1, 0.15) is 5.76 Å². The summed E-state index contributed by atoms with van der Waals surface area (Å²) < 4.78 is 5.71. The minimum absolute atomic E-state index is 0.241. The van der Waals surface area contributed by atoms with Crippen molar-refractivity contribution in [3.63, 3.8) is 0 Å². The van der Waals surface area contributed by atoms with Gasteiger partial charge in [-0.05, 0) is 45.0 Å². The molecule has 6 nitrogen and oxygen atoms in total. The van der Waals surface area contributed by atoms with Crippen molar-refractivity contribution in [3.8, 4) is 0 Å². The lowest BCUT2D eigenvalue weighted by Crippen LogP contribution is -2.44. The van der Waals surface area contributed by atoms with E-state index in [9.17, 15) is 0 Å². The molecule has 0 amide bonds. The lowest BCUT2D eigenvalue weighted by molar-refractivity contribution is 0.146. The quantitative estimate of drug-likeness (QED) is 0.575. The molecule has 1 fully saturated rings. The second-order valence-electron chi connectivity index (χ2n) is 6.62. The van der Waals surface area contributed by atoms with Crippen LogP contribution in [-0.2, 0) is 6.42 Å².